The van der Waals surface area contributed by atoms with Crippen LogP contribution in [0.4, 0.5) is 53.0 Å². The van der Waals surface area contributed by atoms with Gasteiger partial charge in [0, 0.05) is 0 Å². The van der Waals surface area contributed by atoms with Gasteiger partial charge >= 0.3 is 12.2 Å². The topological polar surface area (TPSA) is 177 Å². The molecule has 24 heteroatoms. The molecule has 12 nitrogen and oxygen atoms in total. The van der Waals surface area contributed by atoms with Crippen LogP contribution in [0.3, 0.4) is 0 Å². The summed E-state index contributed by atoms with van der Waals surface area (Å²) in [7, 11) is 0. The average Bonchev–Trinajstić information content (AvgIpc) is 2.93. The van der Waals surface area contributed by atoms with Gasteiger partial charge in [-0.2, -0.15) is 27.4 Å². The monoisotopic (exact) mass is 672 g/mol. The van der Waals surface area contributed by atoms with E-state index in [9.17, 15) is 53.0 Å². The van der Waals surface area contributed by atoms with Crippen molar-refractivity contribution in [2.24, 2.45) is 0 Å². The van der Waals surface area contributed by atoms with E-state index in [0.29, 0.717) is 0 Å². The number of hydrogen-bond donors (Lipinski definition) is 6. The van der Waals surface area contributed by atoms with Crippen LogP contribution in [-0.4, -0.2) is 149 Å². The van der Waals surface area contributed by atoms with Gasteiger partial charge < -0.3 is 40.1 Å². The first-order valence-corrected chi connectivity index (χ1v) is 10.5. The molecular weight excluding hydrogens is 636 g/mol. The third kappa shape index (κ3) is 66.8. The van der Waals surface area contributed by atoms with E-state index in [1.165, 1.54) is 0 Å². The number of halogens is 12. The van der Waals surface area contributed by atoms with Gasteiger partial charge in [-0.3, -0.25) is 9.47 Å². The summed E-state index contributed by atoms with van der Waals surface area (Å²) in [5, 5.41) is 47.8. The van der Waals surface area contributed by atoms with Crippen LogP contribution >= 0.6 is 0 Å². The normalized spacial score (nSPS) is 11.9. The second kappa shape index (κ2) is 44.1. The zero-order valence-corrected chi connectivity index (χ0v) is 21.7. The lowest BCUT2D eigenvalue weighted by atomic mass is 10.4. The van der Waals surface area contributed by atoms with E-state index in [4.69, 9.17) is 30.6 Å². The zero-order valence-electron chi connectivity index (χ0n) is 21.7. The molecule has 2 atom stereocenters. The molecule has 0 heterocycles. The molecule has 0 aromatic rings. The lowest BCUT2D eigenvalue weighted by Crippen LogP contribution is -2.25. The Labute approximate surface area is 231 Å². The maximum absolute atomic E-state index is 11.6. The van der Waals surface area contributed by atoms with Gasteiger partial charge in [0.25, 0.3) is 0 Å². The fraction of sp³-hybridized carbons (Fsp3) is 1.00. The first-order valence-electron chi connectivity index (χ1n) is 10.5. The summed E-state index contributed by atoms with van der Waals surface area (Å²) in [4.78, 5) is 5.04. The minimum absolute atomic E-state index is 0.000417. The molecule has 2 unspecified atom stereocenters. The van der Waals surface area contributed by atoms with Crippen molar-refractivity contribution in [2.45, 2.75) is 24.4 Å². The van der Waals surface area contributed by atoms with Crippen LogP contribution in [0.2, 0.25) is 0 Å². The van der Waals surface area contributed by atoms with Crippen molar-refractivity contribution in [3.05, 3.63) is 0 Å². The predicted molar refractivity (Wildman–Crippen MR) is 114 cm³/mol. The number of hydrogen-bond acceptors (Lipinski definition) is 12. The van der Waals surface area contributed by atoms with Crippen molar-refractivity contribution in [1.29, 1.82) is 0 Å². The summed E-state index contributed by atoms with van der Waals surface area (Å²) >= 11 is 0. The Balaban J connectivity index is -0.0000000957. The summed E-state index contributed by atoms with van der Waals surface area (Å²) in [5.41, 5.74) is 0. The Morgan fingerprint density at radius 3 is 1.12 bits per heavy atom. The van der Waals surface area contributed by atoms with E-state index in [1.54, 1.807) is 0 Å². The second-order valence-corrected chi connectivity index (χ2v) is 5.74. The van der Waals surface area contributed by atoms with E-state index in [1.807, 2.05) is 0 Å². The molecule has 0 fully saturated rings. The fourth-order valence-electron chi connectivity index (χ4n) is 0.930. The van der Waals surface area contributed by atoms with E-state index in [0.717, 1.165) is 0 Å². The van der Waals surface area contributed by atoms with Crippen molar-refractivity contribution in [3.8, 4) is 0 Å². The Bertz CT molecular complexity index is 418. The van der Waals surface area contributed by atoms with Gasteiger partial charge in [-0.1, -0.05) is 0 Å². The van der Waals surface area contributed by atoms with Crippen molar-refractivity contribution in [3.63, 3.8) is 0 Å². The molecule has 0 spiro atoms. The first-order chi connectivity index (χ1) is 19.7. The van der Waals surface area contributed by atoms with E-state index in [-0.39, 0.29) is 39.6 Å². The van der Waals surface area contributed by atoms with Crippen molar-refractivity contribution in [1.82, 2.24) is 0 Å². The van der Waals surface area contributed by atoms with Gasteiger partial charge in [-0.15, -0.1) is 0 Å². The SMILES string of the molecule is FCOC(F)(F)COF.FCOC(F)(F)COF.OCC(O)COCCF.OCC(O)COCF.OCCF.OCF. The number of alkyl halides is 10. The smallest absolute Gasteiger partial charge is 0.384 e. The van der Waals surface area contributed by atoms with Crippen LogP contribution < -0.4 is 0 Å². The van der Waals surface area contributed by atoms with E-state index >= 15 is 0 Å². The highest BCUT2D eigenvalue weighted by atomic mass is 19.3. The molecule has 0 aliphatic rings. The summed E-state index contributed by atoms with van der Waals surface area (Å²) in [6, 6.07) is 0. The van der Waals surface area contributed by atoms with E-state index in [2.05, 4.69) is 28.8 Å². The summed E-state index contributed by atoms with van der Waals surface area (Å²) in [5.74, 6) is 0. The lowest BCUT2D eigenvalue weighted by Gasteiger charge is -2.10. The maximum atomic E-state index is 11.6. The van der Waals surface area contributed by atoms with Crippen LogP contribution in [-0.2, 0) is 28.8 Å². The molecule has 42 heavy (non-hydrogen) atoms. The van der Waals surface area contributed by atoms with Crippen LogP contribution in [0.15, 0.2) is 0 Å². The molecule has 0 aliphatic heterocycles. The molecule has 0 bridgehead atoms. The van der Waals surface area contributed by atoms with Crippen molar-refractivity contribution >= 4 is 0 Å². The standard InChI is InChI=1S/C5H11FO3.C4H9FO3.2C3H4F4O2.C2H5FO.CH3FO/c6-1-2-9-4-5(8)3-7;5-3-8-2-4(7)1-6;2*4-2-8-3(5,6)1-9-7;3-1-2-4;2-1-3/h5,7-8H,1-4H2;4,6-7H,1-3H2;2*1-2H2;4H,1-2H2;3H,1H2. The molecule has 0 saturated heterocycles. The third-order valence-corrected chi connectivity index (χ3v) is 2.40. The molecule has 0 saturated carbocycles. The van der Waals surface area contributed by atoms with Gasteiger partial charge in [0.15, 0.2) is 40.7 Å². The average molecular weight is 672 g/mol. The van der Waals surface area contributed by atoms with Crippen LogP contribution in [0.5, 0.6) is 0 Å². The molecule has 0 aliphatic carbocycles. The Kier molecular flexibility index (Phi) is 56.0. The Morgan fingerprint density at radius 1 is 0.571 bits per heavy atom. The van der Waals surface area contributed by atoms with Crippen molar-refractivity contribution in [2.75, 3.05) is 93.6 Å². The molecular formula is C18H36F12O12. The van der Waals surface area contributed by atoms with Gasteiger partial charge in [0.05, 0.1) is 39.6 Å². The highest BCUT2D eigenvalue weighted by molar-refractivity contribution is 4.48. The van der Waals surface area contributed by atoms with Crippen LogP contribution in [0.25, 0.3) is 0 Å². The van der Waals surface area contributed by atoms with Gasteiger partial charge in [-0.25, -0.2) is 26.3 Å². The highest BCUT2D eigenvalue weighted by Crippen LogP contribution is 2.15. The third-order valence-electron chi connectivity index (χ3n) is 2.40. The summed E-state index contributed by atoms with van der Waals surface area (Å²) in [6.07, 6.45) is -9.57. The Morgan fingerprint density at radius 2 is 0.905 bits per heavy atom. The molecule has 6 N–H and O–H groups in total. The highest BCUT2D eigenvalue weighted by Gasteiger charge is 2.31. The molecule has 0 aromatic carbocycles. The number of ether oxygens (including phenoxy) is 4. The molecule has 0 aromatic heterocycles. The maximum Gasteiger partial charge on any atom is 0.384 e. The van der Waals surface area contributed by atoms with Crippen molar-refractivity contribution < 1.29 is 112 Å². The summed E-state index contributed by atoms with van der Waals surface area (Å²) in [6.45, 7) is -11.1. The predicted octanol–water partition coefficient (Wildman–Crippen LogP) is 1.31. The number of aliphatic hydroxyl groups is 6. The molecule has 0 radical (unpaired) electrons. The fourth-order valence-corrected chi connectivity index (χ4v) is 0.930. The molecule has 0 rings (SSSR count). The van der Waals surface area contributed by atoms with E-state index < -0.39 is 78.4 Å². The van der Waals surface area contributed by atoms with Gasteiger partial charge in [-0.05, 0) is 9.05 Å². The lowest BCUT2D eigenvalue weighted by molar-refractivity contribution is -0.313. The minimum Gasteiger partial charge on any atom is -0.394 e. The quantitative estimate of drug-likeness (QED) is 0.0911. The van der Waals surface area contributed by atoms with Crippen LogP contribution in [0, 0.1) is 0 Å². The minimum atomic E-state index is -3.87. The summed E-state index contributed by atoms with van der Waals surface area (Å²) < 4.78 is 147. The first kappa shape index (κ1) is 53.3. The largest absolute Gasteiger partial charge is 0.394 e. The zero-order chi connectivity index (χ0) is 34.3. The molecule has 0 amide bonds. The molecule has 264 valence electrons. The number of rotatable bonds is 18. The van der Waals surface area contributed by atoms with Crippen LogP contribution in [0.1, 0.15) is 0 Å². The van der Waals surface area contributed by atoms with Gasteiger partial charge in [0.1, 0.15) is 25.6 Å². The Hall–Kier alpha value is -1.32. The van der Waals surface area contributed by atoms with Gasteiger partial charge in [0.2, 0.25) is 0 Å². The second-order valence-electron chi connectivity index (χ2n) is 5.74. The number of aliphatic hydroxyl groups excluding tert-OH is 6.